The van der Waals surface area contributed by atoms with Crippen molar-refractivity contribution in [1.29, 1.82) is 0 Å². The van der Waals surface area contributed by atoms with E-state index in [2.05, 4.69) is 143 Å². The van der Waals surface area contributed by atoms with Crippen molar-refractivity contribution in [2.75, 3.05) is 23.0 Å². The SMILES string of the molecule is OCCOc1ccc(N(c2ccccc2)c2ccc3c(c2)Cc2cc(N(c4ccccc4)c4ccccc4)ccc2-3)cc1. The quantitative estimate of drug-likeness (QED) is 0.191. The summed E-state index contributed by atoms with van der Waals surface area (Å²) in [7, 11) is 0. The first-order valence-electron chi connectivity index (χ1n) is 14.6. The summed E-state index contributed by atoms with van der Waals surface area (Å²) < 4.78 is 5.61. The van der Waals surface area contributed by atoms with Crippen molar-refractivity contribution in [2.24, 2.45) is 0 Å². The Hall–Kier alpha value is -5.32. The molecule has 0 radical (unpaired) electrons. The second-order valence-corrected chi connectivity index (χ2v) is 10.6. The lowest BCUT2D eigenvalue weighted by molar-refractivity contribution is 0.201. The summed E-state index contributed by atoms with van der Waals surface area (Å²) in [6, 6.07) is 53.2. The third-order valence-corrected chi connectivity index (χ3v) is 7.86. The highest BCUT2D eigenvalue weighted by atomic mass is 16.5. The van der Waals surface area contributed by atoms with E-state index in [1.54, 1.807) is 0 Å². The van der Waals surface area contributed by atoms with Gasteiger partial charge in [-0.25, -0.2) is 0 Å². The Balaban J connectivity index is 1.24. The molecule has 0 amide bonds. The van der Waals surface area contributed by atoms with Gasteiger partial charge in [0.05, 0.1) is 6.61 Å². The maximum Gasteiger partial charge on any atom is 0.119 e. The summed E-state index contributed by atoms with van der Waals surface area (Å²) in [6.45, 7) is 0.275. The molecule has 1 aliphatic carbocycles. The molecule has 0 atom stereocenters. The molecule has 1 aliphatic rings. The van der Waals surface area contributed by atoms with Gasteiger partial charge in [-0.1, -0.05) is 66.7 Å². The van der Waals surface area contributed by atoms with Gasteiger partial charge in [0.1, 0.15) is 12.4 Å². The average molecular weight is 561 g/mol. The van der Waals surface area contributed by atoms with Crippen molar-refractivity contribution in [1.82, 2.24) is 0 Å². The number of para-hydroxylation sites is 3. The number of anilines is 6. The normalized spacial score (nSPS) is 11.5. The van der Waals surface area contributed by atoms with Gasteiger partial charge >= 0.3 is 0 Å². The van der Waals surface area contributed by atoms with Gasteiger partial charge in [-0.3, -0.25) is 0 Å². The van der Waals surface area contributed by atoms with Crippen LogP contribution in [0.1, 0.15) is 11.1 Å². The van der Waals surface area contributed by atoms with Gasteiger partial charge in [0.25, 0.3) is 0 Å². The number of hydrogen-bond donors (Lipinski definition) is 1. The molecule has 7 rings (SSSR count). The molecule has 0 heterocycles. The molecule has 6 aromatic carbocycles. The summed E-state index contributed by atoms with van der Waals surface area (Å²) >= 11 is 0. The van der Waals surface area contributed by atoms with Gasteiger partial charge in [-0.15, -0.1) is 0 Å². The number of hydrogen-bond acceptors (Lipinski definition) is 4. The summed E-state index contributed by atoms with van der Waals surface area (Å²) in [5, 5.41) is 9.12. The predicted octanol–water partition coefficient (Wildman–Crippen LogP) is 9.57. The predicted molar refractivity (Wildman–Crippen MR) is 177 cm³/mol. The Morgan fingerprint density at radius 2 is 0.860 bits per heavy atom. The van der Waals surface area contributed by atoms with Crippen LogP contribution in [0.15, 0.2) is 152 Å². The van der Waals surface area contributed by atoms with E-state index >= 15 is 0 Å². The van der Waals surface area contributed by atoms with Gasteiger partial charge in [0.2, 0.25) is 0 Å². The molecular formula is C39H32N2O2. The topological polar surface area (TPSA) is 35.9 Å². The van der Waals surface area contributed by atoms with E-state index in [-0.39, 0.29) is 13.2 Å². The molecule has 4 nitrogen and oxygen atoms in total. The van der Waals surface area contributed by atoms with Crippen LogP contribution in [0.4, 0.5) is 34.1 Å². The largest absolute Gasteiger partial charge is 0.491 e. The van der Waals surface area contributed by atoms with Crippen LogP contribution in [0.3, 0.4) is 0 Å². The first kappa shape index (κ1) is 26.6. The molecule has 0 fully saturated rings. The van der Waals surface area contributed by atoms with Gasteiger partial charge in [0, 0.05) is 34.1 Å². The smallest absolute Gasteiger partial charge is 0.119 e. The molecule has 0 spiro atoms. The average Bonchev–Trinajstić information content (AvgIpc) is 3.43. The Bertz CT molecular complexity index is 1780. The molecule has 43 heavy (non-hydrogen) atoms. The first-order chi connectivity index (χ1) is 21.3. The van der Waals surface area contributed by atoms with E-state index in [0.717, 1.165) is 46.3 Å². The summed E-state index contributed by atoms with van der Waals surface area (Å²) in [6.07, 6.45) is 0.875. The third-order valence-electron chi connectivity index (χ3n) is 7.86. The third kappa shape index (κ3) is 5.36. The number of nitrogens with zero attached hydrogens (tertiary/aromatic N) is 2. The Kier molecular flexibility index (Phi) is 7.34. The van der Waals surface area contributed by atoms with Crippen LogP contribution in [-0.2, 0) is 6.42 Å². The van der Waals surface area contributed by atoms with Crippen LogP contribution < -0.4 is 14.5 Å². The number of aliphatic hydroxyl groups excluding tert-OH is 1. The first-order valence-corrected chi connectivity index (χ1v) is 14.6. The highest BCUT2D eigenvalue weighted by Crippen LogP contribution is 2.44. The van der Waals surface area contributed by atoms with E-state index in [9.17, 15) is 0 Å². The van der Waals surface area contributed by atoms with Crippen molar-refractivity contribution in [3.63, 3.8) is 0 Å². The van der Waals surface area contributed by atoms with E-state index in [1.165, 1.54) is 22.3 Å². The number of ether oxygens (including phenoxy) is 1. The molecule has 0 unspecified atom stereocenters. The number of aliphatic hydroxyl groups is 1. The highest BCUT2D eigenvalue weighted by Gasteiger charge is 2.23. The van der Waals surface area contributed by atoms with E-state index in [1.807, 2.05) is 18.2 Å². The van der Waals surface area contributed by atoms with Crippen LogP contribution in [0.5, 0.6) is 5.75 Å². The lowest BCUT2D eigenvalue weighted by atomic mass is 10.0. The lowest BCUT2D eigenvalue weighted by Crippen LogP contribution is -2.10. The van der Waals surface area contributed by atoms with E-state index in [4.69, 9.17) is 9.84 Å². The molecule has 1 N–H and O–H groups in total. The minimum Gasteiger partial charge on any atom is -0.491 e. The monoisotopic (exact) mass is 560 g/mol. The second kappa shape index (κ2) is 11.9. The summed E-state index contributed by atoms with van der Waals surface area (Å²) in [4.78, 5) is 4.59. The van der Waals surface area contributed by atoms with Crippen LogP contribution in [0.25, 0.3) is 11.1 Å². The molecule has 0 aliphatic heterocycles. The Morgan fingerprint density at radius 3 is 1.28 bits per heavy atom. The molecule has 4 heteroatoms. The molecular weight excluding hydrogens is 528 g/mol. The van der Waals surface area contributed by atoms with Crippen molar-refractivity contribution in [2.45, 2.75) is 6.42 Å². The molecule has 210 valence electrons. The van der Waals surface area contributed by atoms with Gasteiger partial charge < -0.3 is 19.6 Å². The maximum atomic E-state index is 9.12. The number of rotatable bonds is 9. The highest BCUT2D eigenvalue weighted by molar-refractivity contribution is 5.86. The Morgan fingerprint density at radius 1 is 0.465 bits per heavy atom. The number of fused-ring (bicyclic) bond motifs is 3. The van der Waals surface area contributed by atoms with Gasteiger partial charge in [-0.05, 0) is 114 Å². The summed E-state index contributed by atoms with van der Waals surface area (Å²) in [5.41, 5.74) is 11.9. The van der Waals surface area contributed by atoms with Gasteiger partial charge in [0.15, 0.2) is 0 Å². The molecule has 0 bridgehead atoms. The molecule has 0 saturated heterocycles. The zero-order valence-electron chi connectivity index (χ0n) is 23.8. The van der Waals surface area contributed by atoms with Gasteiger partial charge in [-0.2, -0.15) is 0 Å². The minimum atomic E-state index is -0.00651. The minimum absolute atomic E-state index is 0.00651. The van der Waals surface area contributed by atoms with Crippen LogP contribution >= 0.6 is 0 Å². The van der Waals surface area contributed by atoms with E-state index in [0.29, 0.717) is 0 Å². The lowest BCUT2D eigenvalue weighted by Gasteiger charge is -2.26. The van der Waals surface area contributed by atoms with Crippen LogP contribution in [-0.4, -0.2) is 18.3 Å². The standard InChI is InChI=1S/C39H32N2O2/c42-24-25-43-37-20-16-34(17-21-37)41(33-14-8-3-9-15-33)36-19-23-39-30(28-36)26-29-27-35(18-22-38(29)39)40(31-10-4-1-5-11-31)32-12-6-2-7-13-32/h1-23,27-28,42H,24-26H2. The fourth-order valence-corrected chi connectivity index (χ4v) is 5.94. The van der Waals surface area contributed by atoms with Crippen LogP contribution in [0, 0.1) is 0 Å². The maximum absolute atomic E-state index is 9.12. The summed E-state index contributed by atoms with van der Waals surface area (Å²) in [5.74, 6) is 0.742. The van der Waals surface area contributed by atoms with Crippen molar-refractivity contribution in [3.05, 3.63) is 163 Å². The fourth-order valence-electron chi connectivity index (χ4n) is 5.94. The second-order valence-electron chi connectivity index (χ2n) is 10.6. The Labute approximate surface area is 252 Å². The van der Waals surface area contributed by atoms with Crippen molar-refractivity contribution < 1.29 is 9.84 Å². The molecule has 0 aromatic heterocycles. The molecule has 0 saturated carbocycles. The van der Waals surface area contributed by atoms with Crippen LogP contribution in [0.2, 0.25) is 0 Å². The van der Waals surface area contributed by atoms with E-state index < -0.39 is 0 Å². The van der Waals surface area contributed by atoms with Crippen molar-refractivity contribution >= 4 is 34.1 Å². The van der Waals surface area contributed by atoms with Crippen molar-refractivity contribution in [3.8, 4) is 16.9 Å². The zero-order valence-corrected chi connectivity index (χ0v) is 23.8. The number of benzene rings is 6. The fraction of sp³-hybridized carbons (Fsp3) is 0.0769. The molecule has 6 aromatic rings. The zero-order chi connectivity index (χ0) is 29.0.